The maximum Gasteiger partial charge on any atom is 0.251 e. The number of hydrogen-bond acceptors (Lipinski definition) is 4. The number of aromatic amines is 1. The molecule has 5 nitrogen and oxygen atoms in total. The Morgan fingerprint density at radius 3 is 2.83 bits per heavy atom. The lowest BCUT2D eigenvalue weighted by atomic mass is 10.3. The number of rotatable bonds is 3. The van der Waals surface area contributed by atoms with Crippen LogP contribution in [0, 0.1) is 0 Å². The van der Waals surface area contributed by atoms with Gasteiger partial charge in [-0.1, -0.05) is 0 Å². The Balaban J connectivity index is 2.53. The molecular weight excluding hydrogens is 364 g/mol. The first kappa shape index (κ1) is 13.4. The molecule has 0 spiro atoms. The van der Waals surface area contributed by atoms with Crippen molar-refractivity contribution in [1.29, 1.82) is 0 Å². The summed E-state index contributed by atoms with van der Waals surface area (Å²) in [7, 11) is 1.80. The lowest BCUT2D eigenvalue weighted by Gasteiger charge is -2.05. The number of aromatic nitrogens is 3. The summed E-state index contributed by atoms with van der Waals surface area (Å²) in [5.41, 5.74) is 1.09. The summed E-state index contributed by atoms with van der Waals surface area (Å²) >= 11 is 6.73. The zero-order valence-corrected chi connectivity index (χ0v) is 12.7. The van der Waals surface area contributed by atoms with Crippen LogP contribution >= 0.6 is 31.9 Å². The molecule has 94 valence electrons. The Labute approximate surface area is 120 Å². The molecule has 0 saturated heterocycles. The third-order valence-electron chi connectivity index (χ3n) is 2.18. The Hall–Kier alpha value is -1.05. The van der Waals surface area contributed by atoms with Gasteiger partial charge in [0.2, 0.25) is 0 Å². The molecule has 2 aromatic heterocycles. The second kappa shape index (κ2) is 5.73. The maximum atomic E-state index is 11.6. The fourth-order valence-corrected chi connectivity index (χ4v) is 2.66. The summed E-state index contributed by atoms with van der Waals surface area (Å²) in [5, 5.41) is 2.96. The second-order valence-corrected chi connectivity index (χ2v) is 5.37. The van der Waals surface area contributed by atoms with Gasteiger partial charge in [0, 0.05) is 27.8 Å². The van der Waals surface area contributed by atoms with E-state index in [4.69, 9.17) is 0 Å². The van der Waals surface area contributed by atoms with Crippen LogP contribution in [0.4, 0.5) is 0 Å². The maximum absolute atomic E-state index is 11.6. The molecule has 0 aromatic carbocycles. The lowest BCUT2D eigenvalue weighted by molar-refractivity contribution is 0.784. The number of H-pyrrole nitrogens is 1. The molecule has 0 unspecified atom stereocenters. The van der Waals surface area contributed by atoms with Crippen LogP contribution < -0.4 is 10.9 Å². The minimum absolute atomic E-state index is 0.193. The number of halogens is 2. The van der Waals surface area contributed by atoms with E-state index in [2.05, 4.69) is 52.1 Å². The molecule has 2 N–H and O–H groups in total. The highest BCUT2D eigenvalue weighted by Crippen LogP contribution is 2.25. The molecule has 0 aliphatic heterocycles. The SMILES string of the molecule is CNCc1cc(=O)[nH]c(-c2ncc(Br)cc2Br)n1. The summed E-state index contributed by atoms with van der Waals surface area (Å²) < 4.78 is 1.62. The molecular formula is C11H10Br2N4O. The summed E-state index contributed by atoms with van der Waals surface area (Å²) in [6.45, 7) is 0.533. The molecule has 0 bridgehead atoms. The van der Waals surface area contributed by atoms with Gasteiger partial charge in [-0.05, 0) is 45.0 Å². The molecule has 18 heavy (non-hydrogen) atoms. The third-order valence-corrected chi connectivity index (χ3v) is 3.22. The van der Waals surface area contributed by atoms with Crippen LogP contribution in [0.25, 0.3) is 11.5 Å². The Morgan fingerprint density at radius 2 is 2.17 bits per heavy atom. The van der Waals surface area contributed by atoms with Crippen molar-refractivity contribution >= 4 is 31.9 Å². The van der Waals surface area contributed by atoms with E-state index in [0.717, 1.165) is 8.95 Å². The van der Waals surface area contributed by atoms with Crippen molar-refractivity contribution in [2.75, 3.05) is 7.05 Å². The third kappa shape index (κ3) is 3.04. The average molecular weight is 374 g/mol. The van der Waals surface area contributed by atoms with E-state index in [9.17, 15) is 4.79 Å². The minimum Gasteiger partial charge on any atom is -0.314 e. The minimum atomic E-state index is -0.193. The van der Waals surface area contributed by atoms with Gasteiger partial charge in [-0.2, -0.15) is 0 Å². The van der Waals surface area contributed by atoms with Gasteiger partial charge < -0.3 is 10.3 Å². The van der Waals surface area contributed by atoms with Gasteiger partial charge in [0.05, 0.1) is 5.69 Å². The molecule has 0 amide bonds. The van der Waals surface area contributed by atoms with E-state index in [1.165, 1.54) is 6.07 Å². The van der Waals surface area contributed by atoms with Crippen LogP contribution in [0.5, 0.6) is 0 Å². The van der Waals surface area contributed by atoms with Gasteiger partial charge in [0.15, 0.2) is 5.82 Å². The van der Waals surface area contributed by atoms with Crippen LogP contribution in [-0.4, -0.2) is 22.0 Å². The fraction of sp³-hybridized carbons (Fsp3) is 0.182. The molecule has 0 aliphatic carbocycles. The standard InChI is InChI=1S/C11H10Br2N4O/c1-14-5-7-3-9(18)17-11(16-7)10-8(13)2-6(12)4-15-10/h2-4,14H,5H2,1H3,(H,16,17,18). The summed E-state index contributed by atoms with van der Waals surface area (Å²) in [6, 6.07) is 3.32. The van der Waals surface area contributed by atoms with Crippen LogP contribution in [-0.2, 0) is 6.54 Å². The molecule has 0 atom stereocenters. The summed E-state index contributed by atoms with van der Waals surface area (Å²) in [4.78, 5) is 22.8. The van der Waals surface area contributed by atoms with E-state index in [0.29, 0.717) is 23.8 Å². The lowest BCUT2D eigenvalue weighted by Crippen LogP contribution is -2.15. The predicted octanol–water partition coefficient (Wildman–Crippen LogP) is 2.08. The second-order valence-electron chi connectivity index (χ2n) is 3.60. The van der Waals surface area contributed by atoms with Crippen LogP contribution in [0.1, 0.15) is 5.69 Å². The van der Waals surface area contributed by atoms with E-state index in [-0.39, 0.29) is 5.56 Å². The number of nitrogens with one attached hydrogen (secondary N) is 2. The highest BCUT2D eigenvalue weighted by Gasteiger charge is 2.09. The molecule has 0 saturated carbocycles. The van der Waals surface area contributed by atoms with Gasteiger partial charge in [-0.15, -0.1) is 0 Å². The molecule has 2 heterocycles. The van der Waals surface area contributed by atoms with Crippen molar-refractivity contribution in [3.8, 4) is 11.5 Å². The van der Waals surface area contributed by atoms with Crippen LogP contribution in [0.2, 0.25) is 0 Å². The highest BCUT2D eigenvalue weighted by atomic mass is 79.9. The quantitative estimate of drug-likeness (QED) is 0.864. The van der Waals surface area contributed by atoms with Crippen LogP contribution in [0.3, 0.4) is 0 Å². The summed E-state index contributed by atoms with van der Waals surface area (Å²) in [6.07, 6.45) is 1.66. The molecule has 2 aromatic rings. The summed E-state index contributed by atoms with van der Waals surface area (Å²) in [5.74, 6) is 0.451. The topological polar surface area (TPSA) is 70.7 Å². The van der Waals surface area contributed by atoms with Crippen molar-refractivity contribution in [2.24, 2.45) is 0 Å². The van der Waals surface area contributed by atoms with Crippen molar-refractivity contribution in [2.45, 2.75) is 6.54 Å². The van der Waals surface area contributed by atoms with Gasteiger partial charge in [0.25, 0.3) is 5.56 Å². The molecule has 0 radical (unpaired) electrons. The average Bonchev–Trinajstić information content (AvgIpc) is 2.28. The van der Waals surface area contributed by atoms with Crippen molar-refractivity contribution < 1.29 is 0 Å². The first-order chi connectivity index (χ1) is 8.60. The number of nitrogens with zero attached hydrogens (tertiary/aromatic N) is 2. The Morgan fingerprint density at radius 1 is 1.39 bits per heavy atom. The van der Waals surface area contributed by atoms with Gasteiger partial charge in [-0.3, -0.25) is 9.78 Å². The normalized spacial score (nSPS) is 10.6. The van der Waals surface area contributed by atoms with E-state index in [1.54, 1.807) is 13.2 Å². The zero-order valence-electron chi connectivity index (χ0n) is 9.50. The van der Waals surface area contributed by atoms with E-state index in [1.807, 2.05) is 6.07 Å². The number of pyridine rings is 1. The monoisotopic (exact) mass is 372 g/mol. The first-order valence-corrected chi connectivity index (χ1v) is 6.75. The van der Waals surface area contributed by atoms with E-state index >= 15 is 0 Å². The van der Waals surface area contributed by atoms with Crippen molar-refractivity contribution in [3.63, 3.8) is 0 Å². The largest absolute Gasteiger partial charge is 0.314 e. The van der Waals surface area contributed by atoms with Gasteiger partial charge in [-0.25, -0.2) is 4.98 Å². The van der Waals surface area contributed by atoms with Gasteiger partial charge in [0.1, 0.15) is 5.69 Å². The predicted molar refractivity (Wildman–Crippen MR) is 76.3 cm³/mol. The number of hydrogen-bond donors (Lipinski definition) is 2. The Bertz CT molecular complexity index is 627. The molecule has 7 heteroatoms. The van der Waals surface area contributed by atoms with Crippen molar-refractivity contribution in [3.05, 3.63) is 43.3 Å². The fourth-order valence-electron chi connectivity index (χ4n) is 1.48. The first-order valence-electron chi connectivity index (χ1n) is 5.16. The Kier molecular flexibility index (Phi) is 4.26. The van der Waals surface area contributed by atoms with Crippen LogP contribution in [0.15, 0.2) is 32.1 Å². The van der Waals surface area contributed by atoms with E-state index < -0.39 is 0 Å². The smallest absolute Gasteiger partial charge is 0.251 e. The van der Waals surface area contributed by atoms with Crippen molar-refractivity contribution in [1.82, 2.24) is 20.3 Å². The molecule has 2 rings (SSSR count). The zero-order chi connectivity index (χ0) is 13.1. The molecule has 0 aliphatic rings. The highest BCUT2D eigenvalue weighted by molar-refractivity contribution is 9.11. The molecule has 0 fully saturated rings. The van der Waals surface area contributed by atoms with Gasteiger partial charge >= 0.3 is 0 Å².